The number of fused-ring (bicyclic) bond motifs is 3. The van der Waals surface area contributed by atoms with E-state index in [0.29, 0.717) is 0 Å². The van der Waals surface area contributed by atoms with E-state index < -0.39 is 23.8 Å². The molecule has 1 amide bonds. The Kier molecular flexibility index (Phi) is 4.13. The molecule has 2 aromatic rings. The third-order valence-corrected chi connectivity index (χ3v) is 5.61. The number of carbonyl (C=O) groups excluding carboxylic acids is 1. The van der Waals surface area contributed by atoms with Gasteiger partial charge in [-0.25, -0.2) is 14.0 Å². The molecular weight excluding hydrogens is 349 g/mol. The smallest absolute Gasteiger partial charge is 0.410 e. The molecule has 2 aliphatic rings. The molecule has 6 heteroatoms. The largest absolute Gasteiger partial charge is 0.480 e. The Balaban J connectivity index is 1.56. The summed E-state index contributed by atoms with van der Waals surface area (Å²) in [5, 5.41) is 9.43. The lowest BCUT2D eigenvalue weighted by Gasteiger charge is -2.30. The van der Waals surface area contributed by atoms with Gasteiger partial charge in [-0.05, 0) is 29.2 Å². The maximum absolute atomic E-state index is 13.8. The highest BCUT2D eigenvalue weighted by atomic mass is 19.1. The molecular formula is C21H20FNO4. The van der Waals surface area contributed by atoms with Crippen LogP contribution in [0.2, 0.25) is 0 Å². The molecule has 1 aliphatic heterocycles. The molecule has 0 radical (unpaired) electrons. The quantitative estimate of drug-likeness (QED) is 0.893. The SMILES string of the molecule is CC1(C(=O)O)CC(F)CN1C(=O)OCC1c2ccccc2-c2ccccc21. The fraction of sp³-hybridized carbons (Fsp3) is 0.333. The topological polar surface area (TPSA) is 66.8 Å². The third kappa shape index (κ3) is 2.76. The lowest BCUT2D eigenvalue weighted by molar-refractivity contribution is -0.147. The van der Waals surface area contributed by atoms with Crippen molar-refractivity contribution in [1.82, 2.24) is 4.90 Å². The van der Waals surface area contributed by atoms with Crippen LogP contribution in [0.25, 0.3) is 11.1 Å². The van der Waals surface area contributed by atoms with Crippen molar-refractivity contribution in [2.45, 2.75) is 31.0 Å². The molecule has 5 nitrogen and oxygen atoms in total. The molecule has 2 atom stereocenters. The number of carbonyl (C=O) groups is 2. The lowest BCUT2D eigenvalue weighted by atomic mass is 9.98. The molecule has 1 fully saturated rings. The van der Waals surface area contributed by atoms with E-state index in [1.54, 1.807) is 0 Å². The first-order chi connectivity index (χ1) is 12.9. The molecule has 1 N–H and O–H groups in total. The molecule has 1 aliphatic carbocycles. The van der Waals surface area contributed by atoms with Crippen LogP contribution < -0.4 is 0 Å². The normalized spacial score (nSPS) is 23.8. The molecule has 1 saturated heterocycles. The number of halogens is 1. The van der Waals surface area contributed by atoms with Gasteiger partial charge in [0.1, 0.15) is 18.3 Å². The number of hydrogen-bond acceptors (Lipinski definition) is 3. The number of amides is 1. The number of nitrogens with zero attached hydrogens (tertiary/aromatic N) is 1. The number of carboxylic acid groups (broad SMARTS) is 1. The first kappa shape index (κ1) is 17.5. The summed E-state index contributed by atoms with van der Waals surface area (Å²) < 4.78 is 19.3. The molecule has 2 aromatic carbocycles. The van der Waals surface area contributed by atoms with Crippen LogP contribution in [0.1, 0.15) is 30.4 Å². The van der Waals surface area contributed by atoms with Crippen molar-refractivity contribution in [3.63, 3.8) is 0 Å². The first-order valence-electron chi connectivity index (χ1n) is 8.92. The summed E-state index contributed by atoms with van der Waals surface area (Å²) in [7, 11) is 0. The number of rotatable bonds is 3. The molecule has 27 heavy (non-hydrogen) atoms. The maximum Gasteiger partial charge on any atom is 0.410 e. The van der Waals surface area contributed by atoms with E-state index in [-0.39, 0.29) is 25.5 Å². The number of carboxylic acids is 1. The average molecular weight is 369 g/mol. The second-order valence-corrected chi connectivity index (χ2v) is 7.30. The summed E-state index contributed by atoms with van der Waals surface area (Å²) in [6.07, 6.45) is -2.39. The Bertz CT molecular complexity index is 869. The van der Waals surface area contributed by atoms with Crippen LogP contribution in [0.3, 0.4) is 0 Å². The van der Waals surface area contributed by atoms with Crippen LogP contribution in [0.4, 0.5) is 9.18 Å². The van der Waals surface area contributed by atoms with Crippen molar-refractivity contribution in [3.05, 3.63) is 59.7 Å². The van der Waals surface area contributed by atoms with E-state index in [0.717, 1.165) is 27.2 Å². The second kappa shape index (κ2) is 6.37. The number of hydrogen-bond donors (Lipinski definition) is 1. The summed E-state index contributed by atoms with van der Waals surface area (Å²) in [6.45, 7) is 1.17. The van der Waals surface area contributed by atoms with Gasteiger partial charge in [-0.3, -0.25) is 4.90 Å². The Hall–Kier alpha value is -2.89. The Morgan fingerprint density at radius 3 is 2.26 bits per heavy atom. The van der Waals surface area contributed by atoms with Gasteiger partial charge in [0.2, 0.25) is 0 Å². The zero-order chi connectivity index (χ0) is 19.2. The zero-order valence-electron chi connectivity index (χ0n) is 14.9. The van der Waals surface area contributed by atoms with Gasteiger partial charge in [-0.15, -0.1) is 0 Å². The molecule has 1 heterocycles. The van der Waals surface area contributed by atoms with E-state index in [4.69, 9.17) is 4.74 Å². The third-order valence-electron chi connectivity index (χ3n) is 5.61. The molecule has 0 aromatic heterocycles. The van der Waals surface area contributed by atoms with Crippen LogP contribution >= 0.6 is 0 Å². The second-order valence-electron chi connectivity index (χ2n) is 7.30. The molecule has 2 unspecified atom stereocenters. The number of likely N-dealkylation sites (tertiary alicyclic amines) is 1. The monoisotopic (exact) mass is 369 g/mol. The number of ether oxygens (including phenoxy) is 1. The van der Waals surface area contributed by atoms with Crippen molar-refractivity contribution >= 4 is 12.1 Å². The fourth-order valence-electron chi connectivity index (χ4n) is 4.16. The predicted octanol–water partition coefficient (Wildman–Crippen LogP) is 3.82. The van der Waals surface area contributed by atoms with Crippen molar-refractivity contribution in [2.75, 3.05) is 13.2 Å². The van der Waals surface area contributed by atoms with Crippen molar-refractivity contribution < 1.29 is 23.8 Å². The number of alkyl halides is 1. The number of aliphatic carboxylic acids is 1. The highest BCUT2D eigenvalue weighted by Crippen LogP contribution is 2.44. The van der Waals surface area contributed by atoms with E-state index in [1.807, 2.05) is 48.5 Å². The van der Waals surface area contributed by atoms with Crippen LogP contribution in [-0.2, 0) is 9.53 Å². The van der Waals surface area contributed by atoms with Gasteiger partial charge in [0.15, 0.2) is 0 Å². The van der Waals surface area contributed by atoms with Crippen LogP contribution in [0, 0.1) is 0 Å². The molecule has 0 saturated carbocycles. The highest BCUT2D eigenvalue weighted by molar-refractivity contribution is 5.85. The van der Waals surface area contributed by atoms with E-state index in [2.05, 4.69) is 0 Å². The first-order valence-corrected chi connectivity index (χ1v) is 8.92. The van der Waals surface area contributed by atoms with E-state index >= 15 is 0 Å². The van der Waals surface area contributed by atoms with E-state index in [1.165, 1.54) is 6.92 Å². The Morgan fingerprint density at radius 2 is 1.70 bits per heavy atom. The van der Waals surface area contributed by atoms with Gasteiger partial charge < -0.3 is 9.84 Å². The van der Waals surface area contributed by atoms with Crippen molar-refractivity contribution in [1.29, 1.82) is 0 Å². The summed E-state index contributed by atoms with van der Waals surface area (Å²) >= 11 is 0. The Morgan fingerprint density at radius 1 is 1.15 bits per heavy atom. The van der Waals surface area contributed by atoms with Gasteiger partial charge in [0, 0.05) is 12.3 Å². The minimum atomic E-state index is -1.58. The molecule has 4 rings (SSSR count). The highest BCUT2D eigenvalue weighted by Gasteiger charge is 2.51. The summed E-state index contributed by atoms with van der Waals surface area (Å²) in [4.78, 5) is 25.1. The summed E-state index contributed by atoms with van der Waals surface area (Å²) in [5.74, 6) is -1.35. The van der Waals surface area contributed by atoms with Crippen molar-refractivity contribution in [3.8, 4) is 11.1 Å². The van der Waals surface area contributed by atoms with E-state index in [9.17, 15) is 19.1 Å². The van der Waals surface area contributed by atoms with Crippen LogP contribution in [-0.4, -0.2) is 46.9 Å². The van der Waals surface area contributed by atoms with Gasteiger partial charge in [-0.1, -0.05) is 48.5 Å². The molecule has 0 bridgehead atoms. The fourth-order valence-corrected chi connectivity index (χ4v) is 4.16. The lowest BCUT2D eigenvalue weighted by Crippen LogP contribution is -2.51. The average Bonchev–Trinajstić information content (AvgIpc) is 3.15. The van der Waals surface area contributed by atoms with Gasteiger partial charge in [0.05, 0.1) is 6.54 Å². The van der Waals surface area contributed by atoms with Gasteiger partial charge >= 0.3 is 12.1 Å². The zero-order valence-corrected chi connectivity index (χ0v) is 14.9. The molecule has 0 spiro atoms. The maximum atomic E-state index is 13.8. The van der Waals surface area contributed by atoms with Gasteiger partial charge in [-0.2, -0.15) is 0 Å². The summed E-state index contributed by atoms with van der Waals surface area (Å²) in [6, 6.07) is 15.9. The van der Waals surface area contributed by atoms with Gasteiger partial charge in [0.25, 0.3) is 0 Å². The molecule has 140 valence electrons. The Labute approximate surface area is 156 Å². The van der Waals surface area contributed by atoms with Crippen LogP contribution in [0.5, 0.6) is 0 Å². The summed E-state index contributed by atoms with van der Waals surface area (Å²) in [5.41, 5.74) is 2.76. The standard InChI is InChI=1S/C21H20FNO4/c1-21(19(24)25)10-13(22)11-23(21)20(26)27-12-18-16-8-4-2-6-14(16)15-7-3-5-9-17(15)18/h2-9,13,18H,10-12H2,1H3,(H,24,25). The minimum Gasteiger partial charge on any atom is -0.480 e. The van der Waals surface area contributed by atoms with Crippen molar-refractivity contribution in [2.24, 2.45) is 0 Å². The predicted molar refractivity (Wildman–Crippen MR) is 97.3 cm³/mol. The number of benzene rings is 2. The van der Waals surface area contributed by atoms with Crippen LogP contribution in [0.15, 0.2) is 48.5 Å². The minimum absolute atomic E-state index is 0.0794.